The summed E-state index contributed by atoms with van der Waals surface area (Å²) in [7, 11) is 3.16. The number of carboxylic acid groups (broad SMARTS) is 1. The first-order chi connectivity index (χ1) is 11.6. The number of hydrogen-bond donors (Lipinski definition) is 1. The maximum atomic E-state index is 11.0. The molecule has 0 amide bonds. The highest BCUT2D eigenvalue weighted by atomic mass is 16.5. The zero-order valence-corrected chi connectivity index (χ0v) is 13.5. The molecule has 0 aliphatic rings. The number of aromatic nitrogens is 2. The van der Waals surface area contributed by atoms with Crippen LogP contribution in [-0.4, -0.2) is 34.7 Å². The summed E-state index contributed by atoms with van der Waals surface area (Å²) in [5.41, 5.74) is 3.25. The summed E-state index contributed by atoms with van der Waals surface area (Å²) in [4.78, 5) is 15.7. The van der Waals surface area contributed by atoms with E-state index < -0.39 is 5.97 Å². The Balaban J connectivity index is 2.14. The van der Waals surface area contributed by atoms with Crippen LogP contribution >= 0.6 is 0 Å². The minimum atomic E-state index is -0.834. The highest BCUT2D eigenvalue weighted by Gasteiger charge is 2.16. The van der Waals surface area contributed by atoms with Gasteiger partial charge in [0.05, 0.1) is 32.0 Å². The second-order valence-corrected chi connectivity index (χ2v) is 5.30. The van der Waals surface area contributed by atoms with Crippen molar-refractivity contribution in [3.63, 3.8) is 0 Å². The number of nitrogens with zero attached hydrogens (tertiary/aromatic N) is 2. The first-order valence-electron chi connectivity index (χ1n) is 7.54. The molecule has 0 aliphatic carbocycles. The second kappa shape index (κ2) is 6.62. The standard InChI is InChI=1S/C18H18N2O4/c1-23-14-8-6-12(11-15(14)24-2)18-13(7-9-17(21)22)20-10-4-3-5-16(20)19-18/h3-6,8,10-11H,7,9H2,1-2H3,(H,21,22). The van der Waals surface area contributed by atoms with E-state index >= 15 is 0 Å². The average Bonchev–Trinajstić information content (AvgIpc) is 2.97. The van der Waals surface area contributed by atoms with Crippen LogP contribution in [0.1, 0.15) is 12.1 Å². The highest BCUT2D eigenvalue weighted by Crippen LogP contribution is 2.34. The minimum Gasteiger partial charge on any atom is -0.493 e. The molecule has 0 fully saturated rings. The van der Waals surface area contributed by atoms with Gasteiger partial charge in [-0.25, -0.2) is 4.98 Å². The van der Waals surface area contributed by atoms with Gasteiger partial charge in [0.2, 0.25) is 0 Å². The van der Waals surface area contributed by atoms with Gasteiger partial charge < -0.3 is 19.0 Å². The molecule has 0 spiro atoms. The Morgan fingerprint density at radius 2 is 1.96 bits per heavy atom. The number of aliphatic carboxylic acids is 1. The van der Waals surface area contributed by atoms with Gasteiger partial charge in [-0.3, -0.25) is 4.79 Å². The molecule has 0 saturated heterocycles. The van der Waals surface area contributed by atoms with Gasteiger partial charge in [-0.1, -0.05) is 6.07 Å². The van der Waals surface area contributed by atoms with Gasteiger partial charge in [-0.2, -0.15) is 0 Å². The van der Waals surface area contributed by atoms with Crippen LogP contribution in [0.3, 0.4) is 0 Å². The molecule has 0 aliphatic heterocycles. The fraction of sp³-hybridized carbons (Fsp3) is 0.222. The third-order valence-corrected chi connectivity index (χ3v) is 3.86. The highest BCUT2D eigenvalue weighted by molar-refractivity contribution is 5.71. The topological polar surface area (TPSA) is 73.1 Å². The van der Waals surface area contributed by atoms with Crippen LogP contribution in [-0.2, 0) is 11.2 Å². The minimum absolute atomic E-state index is 0.0446. The maximum absolute atomic E-state index is 11.0. The molecule has 1 N–H and O–H groups in total. The monoisotopic (exact) mass is 326 g/mol. The van der Waals surface area contributed by atoms with Crippen molar-refractivity contribution in [3.05, 3.63) is 48.3 Å². The van der Waals surface area contributed by atoms with Crippen molar-refractivity contribution in [1.29, 1.82) is 0 Å². The first-order valence-corrected chi connectivity index (χ1v) is 7.54. The predicted molar refractivity (Wildman–Crippen MR) is 89.7 cm³/mol. The number of hydrogen-bond acceptors (Lipinski definition) is 4. The average molecular weight is 326 g/mol. The van der Waals surface area contributed by atoms with Gasteiger partial charge in [0.25, 0.3) is 0 Å². The van der Waals surface area contributed by atoms with E-state index in [1.165, 1.54) is 0 Å². The number of ether oxygens (including phenoxy) is 2. The van der Waals surface area contributed by atoms with Gasteiger partial charge >= 0.3 is 5.97 Å². The number of carboxylic acids is 1. The van der Waals surface area contributed by atoms with E-state index in [2.05, 4.69) is 4.98 Å². The summed E-state index contributed by atoms with van der Waals surface area (Å²) >= 11 is 0. The Labute approximate surface area is 139 Å². The van der Waals surface area contributed by atoms with Gasteiger partial charge in [-0.05, 0) is 30.3 Å². The van der Waals surface area contributed by atoms with Crippen molar-refractivity contribution in [2.24, 2.45) is 0 Å². The van der Waals surface area contributed by atoms with Crippen LogP contribution < -0.4 is 9.47 Å². The summed E-state index contributed by atoms with van der Waals surface area (Å²) in [6, 6.07) is 11.3. The summed E-state index contributed by atoms with van der Waals surface area (Å²) < 4.78 is 12.5. The van der Waals surface area contributed by atoms with Crippen LogP contribution in [0, 0.1) is 0 Å². The van der Waals surface area contributed by atoms with Crippen LogP contribution in [0.25, 0.3) is 16.9 Å². The largest absolute Gasteiger partial charge is 0.493 e. The molecule has 2 heterocycles. The van der Waals surface area contributed by atoms with Crippen molar-refractivity contribution in [2.75, 3.05) is 14.2 Å². The van der Waals surface area contributed by atoms with Gasteiger partial charge in [-0.15, -0.1) is 0 Å². The van der Waals surface area contributed by atoms with Crippen LogP contribution in [0.15, 0.2) is 42.6 Å². The van der Waals surface area contributed by atoms with Gasteiger partial charge in [0.15, 0.2) is 11.5 Å². The predicted octanol–water partition coefficient (Wildman–Crippen LogP) is 3.04. The Hall–Kier alpha value is -3.02. The van der Waals surface area contributed by atoms with E-state index in [0.717, 1.165) is 22.6 Å². The van der Waals surface area contributed by atoms with Crippen molar-refractivity contribution in [3.8, 4) is 22.8 Å². The molecule has 0 unspecified atom stereocenters. The number of fused-ring (bicyclic) bond motifs is 1. The number of carbonyl (C=O) groups is 1. The van der Waals surface area contributed by atoms with E-state index in [1.807, 2.05) is 47.0 Å². The molecule has 0 saturated carbocycles. The molecule has 124 valence electrons. The third kappa shape index (κ3) is 2.90. The Kier molecular flexibility index (Phi) is 4.37. The number of methoxy groups -OCH3 is 2. The molecule has 24 heavy (non-hydrogen) atoms. The van der Waals surface area contributed by atoms with E-state index in [4.69, 9.17) is 14.6 Å². The number of benzene rings is 1. The summed E-state index contributed by atoms with van der Waals surface area (Å²) in [5.74, 6) is 0.410. The first kappa shape index (κ1) is 15.9. The van der Waals surface area contributed by atoms with Crippen molar-refractivity contribution in [1.82, 2.24) is 9.38 Å². The number of pyridine rings is 1. The SMILES string of the molecule is COc1ccc(-c2nc3ccccn3c2CCC(=O)O)cc1OC. The lowest BCUT2D eigenvalue weighted by atomic mass is 10.1. The maximum Gasteiger partial charge on any atom is 0.303 e. The van der Waals surface area contributed by atoms with Crippen molar-refractivity contribution >= 4 is 11.6 Å². The quantitative estimate of drug-likeness (QED) is 0.754. The van der Waals surface area contributed by atoms with Crippen molar-refractivity contribution in [2.45, 2.75) is 12.8 Å². The molecule has 0 radical (unpaired) electrons. The Bertz CT molecular complexity index is 886. The molecule has 3 aromatic rings. The number of imidazole rings is 1. The zero-order chi connectivity index (χ0) is 17.1. The Morgan fingerprint density at radius 3 is 2.67 bits per heavy atom. The van der Waals surface area contributed by atoms with Crippen LogP contribution in [0.2, 0.25) is 0 Å². The van der Waals surface area contributed by atoms with Crippen LogP contribution in [0.4, 0.5) is 0 Å². The molecule has 0 atom stereocenters. The molecule has 0 bridgehead atoms. The molecule has 2 aromatic heterocycles. The smallest absolute Gasteiger partial charge is 0.303 e. The Morgan fingerprint density at radius 1 is 1.17 bits per heavy atom. The van der Waals surface area contributed by atoms with Gasteiger partial charge in [0.1, 0.15) is 5.65 Å². The molecule has 1 aromatic carbocycles. The summed E-state index contributed by atoms with van der Waals surface area (Å²) in [6.07, 6.45) is 2.33. The third-order valence-electron chi connectivity index (χ3n) is 3.86. The number of rotatable bonds is 6. The van der Waals surface area contributed by atoms with E-state index in [0.29, 0.717) is 17.9 Å². The fourth-order valence-corrected chi connectivity index (χ4v) is 2.73. The van der Waals surface area contributed by atoms with E-state index in [9.17, 15) is 4.79 Å². The van der Waals surface area contributed by atoms with E-state index in [1.54, 1.807) is 14.2 Å². The lowest BCUT2D eigenvalue weighted by Gasteiger charge is -2.09. The molecule has 3 rings (SSSR count). The van der Waals surface area contributed by atoms with Crippen LogP contribution in [0.5, 0.6) is 11.5 Å². The molecular formula is C18H18N2O4. The lowest BCUT2D eigenvalue weighted by molar-refractivity contribution is -0.136. The molecule has 6 nitrogen and oxygen atoms in total. The zero-order valence-electron chi connectivity index (χ0n) is 13.5. The lowest BCUT2D eigenvalue weighted by Crippen LogP contribution is -2.01. The van der Waals surface area contributed by atoms with E-state index in [-0.39, 0.29) is 6.42 Å². The van der Waals surface area contributed by atoms with Gasteiger partial charge in [0, 0.05) is 18.2 Å². The summed E-state index contributed by atoms with van der Waals surface area (Å²) in [6.45, 7) is 0. The fourth-order valence-electron chi connectivity index (χ4n) is 2.73. The number of aryl methyl sites for hydroxylation is 1. The summed E-state index contributed by atoms with van der Waals surface area (Å²) in [5, 5.41) is 9.03. The second-order valence-electron chi connectivity index (χ2n) is 5.30. The molecule has 6 heteroatoms. The van der Waals surface area contributed by atoms with Crippen molar-refractivity contribution < 1.29 is 19.4 Å². The normalized spacial score (nSPS) is 10.8. The molecular weight excluding hydrogens is 308 g/mol.